The highest BCUT2D eigenvalue weighted by molar-refractivity contribution is 7.89. The summed E-state index contributed by atoms with van der Waals surface area (Å²) in [5.74, 6) is 0. The fraction of sp³-hybridized carbons (Fsp3) is 0.222. The Balaban J connectivity index is 2.39. The van der Waals surface area contributed by atoms with Crippen molar-refractivity contribution in [2.45, 2.75) is 0 Å². The van der Waals surface area contributed by atoms with Gasteiger partial charge >= 0.3 is 0 Å². The van der Waals surface area contributed by atoms with Gasteiger partial charge in [-0.25, -0.2) is 8.51 Å². The van der Waals surface area contributed by atoms with Crippen LogP contribution in [-0.4, -0.2) is 32.8 Å². The molecule has 0 N–H and O–H groups in total. The highest BCUT2D eigenvalue weighted by Gasteiger charge is 2.35. The molecule has 0 spiro atoms. The Morgan fingerprint density at radius 2 is 1.80 bits per heavy atom. The standard InChI is InChI=1S/C9H11N3OS2/c1-10-9(14)12(15(13)11(10)2)8-6-4-3-5-7-8/h3-7H,1-2H3. The van der Waals surface area contributed by atoms with Crippen molar-refractivity contribution in [1.29, 1.82) is 0 Å². The second kappa shape index (κ2) is 3.88. The van der Waals surface area contributed by atoms with Crippen molar-refractivity contribution in [2.24, 2.45) is 0 Å². The Bertz CT molecular complexity index is 389. The summed E-state index contributed by atoms with van der Waals surface area (Å²) in [6, 6.07) is 9.48. The monoisotopic (exact) mass is 241 g/mol. The maximum absolute atomic E-state index is 12.0. The van der Waals surface area contributed by atoms with Crippen molar-refractivity contribution in [1.82, 2.24) is 9.42 Å². The van der Waals surface area contributed by atoms with E-state index >= 15 is 0 Å². The minimum absolute atomic E-state index is 0.544. The molecule has 1 heterocycles. The first-order valence-corrected chi connectivity index (χ1v) is 5.88. The molecule has 0 amide bonds. The molecule has 1 aromatic carbocycles. The van der Waals surface area contributed by atoms with Crippen LogP contribution in [0.4, 0.5) is 5.69 Å². The van der Waals surface area contributed by atoms with E-state index in [2.05, 4.69) is 0 Å². The molecule has 1 fully saturated rings. The summed E-state index contributed by atoms with van der Waals surface area (Å²) >= 11 is 3.95. The number of thiocarbonyl (C=S) groups is 1. The molecule has 0 bridgehead atoms. The van der Waals surface area contributed by atoms with E-state index in [0.717, 1.165) is 5.69 Å². The predicted molar refractivity (Wildman–Crippen MR) is 65.2 cm³/mol. The molecular weight excluding hydrogens is 230 g/mol. The fourth-order valence-corrected chi connectivity index (χ4v) is 2.85. The zero-order valence-corrected chi connectivity index (χ0v) is 10.1. The summed E-state index contributed by atoms with van der Waals surface area (Å²) in [5, 5.41) is 2.24. The van der Waals surface area contributed by atoms with E-state index in [-0.39, 0.29) is 0 Å². The highest BCUT2D eigenvalue weighted by atomic mass is 32.2. The lowest BCUT2D eigenvalue weighted by Gasteiger charge is -2.15. The van der Waals surface area contributed by atoms with Crippen molar-refractivity contribution in [2.75, 3.05) is 18.4 Å². The number of hydrazine groups is 1. The molecule has 1 aromatic rings. The summed E-state index contributed by atoms with van der Waals surface area (Å²) in [7, 11) is 3.54. The van der Waals surface area contributed by atoms with Crippen LogP contribution in [0.25, 0.3) is 0 Å². The van der Waals surface area contributed by atoms with Crippen LogP contribution < -0.4 is 4.31 Å². The van der Waals surface area contributed by atoms with E-state index in [4.69, 9.17) is 12.2 Å². The summed E-state index contributed by atoms with van der Waals surface area (Å²) in [6.07, 6.45) is 0. The third kappa shape index (κ3) is 1.64. The number of rotatable bonds is 1. The lowest BCUT2D eigenvalue weighted by atomic mass is 10.3. The van der Waals surface area contributed by atoms with Gasteiger partial charge < -0.3 is 0 Å². The van der Waals surface area contributed by atoms with Crippen molar-refractivity contribution in [3.63, 3.8) is 0 Å². The molecule has 1 unspecified atom stereocenters. The second-order valence-corrected chi connectivity index (χ2v) is 4.85. The molecule has 0 aromatic heterocycles. The lowest BCUT2D eigenvalue weighted by Crippen LogP contribution is -2.32. The first-order valence-electron chi connectivity index (χ1n) is 4.41. The third-order valence-electron chi connectivity index (χ3n) is 2.25. The van der Waals surface area contributed by atoms with Crippen molar-refractivity contribution in [3.05, 3.63) is 30.3 Å². The molecule has 15 heavy (non-hydrogen) atoms. The Kier molecular flexibility index (Phi) is 2.72. The summed E-state index contributed by atoms with van der Waals surface area (Å²) in [4.78, 5) is 0. The second-order valence-electron chi connectivity index (χ2n) is 3.13. The van der Waals surface area contributed by atoms with Crippen LogP contribution in [0.5, 0.6) is 0 Å². The number of benzene rings is 1. The SMILES string of the molecule is CN1C(=S)N(c2ccccc2)S(=O)N1C. The third-order valence-corrected chi connectivity index (χ3v) is 4.20. The normalized spacial score (nSPS) is 22.5. The predicted octanol–water partition coefficient (Wildman–Crippen LogP) is 1.15. The maximum atomic E-state index is 12.0. The first-order chi connectivity index (χ1) is 7.13. The molecule has 0 aliphatic carbocycles. The average molecular weight is 241 g/mol. The van der Waals surface area contributed by atoms with E-state index in [1.807, 2.05) is 30.3 Å². The minimum Gasteiger partial charge on any atom is -0.271 e. The molecule has 1 atom stereocenters. The molecule has 0 saturated carbocycles. The molecule has 2 rings (SSSR count). The van der Waals surface area contributed by atoms with Gasteiger partial charge in [0.25, 0.3) is 0 Å². The maximum Gasteiger partial charge on any atom is 0.224 e. The molecule has 0 radical (unpaired) electrons. The van der Waals surface area contributed by atoms with Crippen LogP contribution in [0.1, 0.15) is 0 Å². The van der Waals surface area contributed by atoms with E-state index in [9.17, 15) is 4.21 Å². The van der Waals surface area contributed by atoms with E-state index in [0.29, 0.717) is 5.11 Å². The van der Waals surface area contributed by atoms with Gasteiger partial charge in [-0.05, 0) is 24.4 Å². The van der Waals surface area contributed by atoms with Gasteiger partial charge in [0.2, 0.25) is 16.3 Å². The average Bonchev–Trinajstić information content (AvgIpc) is 2.45. The number of para-hydroxylation sites is 1. The topological polar surface area (TPSA) is 26.8 Å². The largest absolute Gasteiger partial charge is 0.271 e. The molecule has 1 saturated heterocycles. The molecular formula is C9H11N3OS2. The Hall–Kier alpha value is -0.980. The van der Waals surface area contributed by atoms with Crippen molar-refractivity contribution in [3.8, 4) is 0 Å². The van der Waals surface area contributed by atoms with Gasteiger partial charge in [-0.2, -0.15) is 0 Å². The van der Waals surface area contributed by atoms with Crippen molar-refractivity contribution >= 4 is 34.2 Å². The van der Waals surface area contributed by atoms with Crippen LogP contribution in [0.15, 0.2) is 30.3 Å². The zero-order valence-electron chi connectivity index (χ0n) is 8.45. The highest BCUT2D eigenvalue weighted by Crippen LogP contribution is 2.24. The van der Waals surface area contributed by atoms with Crippen molar-refractivity contribution < 1.29 is 4.21 Å². The van der Waals surface area contributed by atoms with Crippen LogP contribution in [0.3, 0.4) is 0 Å². The van der Waals surface area contributed by atoms with Gasteiger partial charge in [-0.3, -0.25) is 5.01 Å². The van der Waals surface area contributed by atoms with Gasteiger partial charge in [0.1, 0.15) is 0 Å². The van der Waals surface area contributed by atoms with Gasteiger partial charge in [-0.1, -0.05) is 18.2 Å². The van der Waals surface area contributed by atoms with Crippen LogP contribution in [0, 0.1) is 0 Å². The van der Waals surface area contributed by atoms with E-state index in [1.165, 1.54) is 0 Å². The van der Waals surface area contributed by atoms with Crippen LogP contribution >= 0.6 is 12.2 Å². The lowest BCUT2D eigenvalue weighted by molar-refractivity contribution is 0.251. The molecule has 80 valence electrons. The quantitative estimate of drug-likeness (QED) is 0.690. The number of hydrogen-bond acceptors (Lipinski definition) is 2. The van der Waals surface area contributed by atoms with Gasteiger partial charge in [-0.15, -0.1) is 4.41 Å². The van der Waals surface area contributed by atoms with Crippen LogP contribution in [0.2, 0.25) is 0 Å². The smallest absolute Gasteiger partial charge is 0.224 e. The van der Waals surface area contributed by atoms with Gasteiger partial charge in [0, 0.05) is 14.1 Å². The van der Waals surface area contributed by atoms with E-state index in [1.54, 1.807) is 27.8 Å². The van der Waals surface area contributed by atoms with Gasteiger partial charge in [0.15, 0.2) is 0 Å². The fourth-order valence-electron chi connectivity index (χ4n) is 1.31. The molecule has 1 aliphatic rings. The summed E-state index contributed by atoms with van der Waals surface area (Å²) in [6.45, 7) is 0. The number of nitrogens with zero attached hydrogens (tertiary/aromatic N) is 3. The van der Waals surface area contributed by atoms with E-state index < -0.39 is 11.2 Å². The number of anilines is 1. The first kappa shape index (κ1) is 10.5. The Morgan fingerprint density at radius 3 is 2.27 bits per heavy atom. The van der Waals surface area contributed by atoms with Crippen LogP contribution in [-0.2, 0) is 11.2 Å². The molecule has 1 aliphatic heterocycles. The van der Waals surface area contributed by atoms with Gasteiger partial charge in [0.05, 0.1) is 5.69 Å². The number of hydrogen-bond donors (Lipinski definition) is 0. The molecule has 6 heteroatoms. The summed E-state index contributed by atoms with van der Waals surface area (Å²) < 4.78 is 15.2. The Morgan fingerprint density at radius 1 is 1.20 bits per heavy atom. The summed E-state index contributed by atoms with van der Waals surface area (Å²) in [5.41, 5.74) is 0.844. The minimum atomic E-state index is -1.27. The molecule has 4 nitrogen and oxygen atoms in total. The Labute approximate surface area is 96.8 Å². The zero-order chi connectivity index (χ0) is 11.0.